The van der Waals surface area contributed by atoms with Crippen LogP contribution in [-0.2, 0) is 0 Å². The van der Waals surface area contributed by atoms with Gasteiger partial charge < -0.3 is 15.3 Å². The quantitative estimate of drug-likeness (QED) is 0.878. The summed E-state index contributed by atoms with van der Waals surface area (Å²) in [7, 11) is 0. The molecule has 2 saturated heterocycles. The van der Waals surface area contributed by atoms with Crippen LogP contribution in [0.4, 0.5) is 0 Å². The molecule has 2 aliphatic rings. The second-order valence-electron chi connectivity index (χ2n) is 7.06. The van der Waals surface area contributed by atoms with Crippen LogP contribution < -0.4 is 5.32 Å². The summed E-state index contributed by atoms with van der Waals surface area (Å²) in [5, 5.41) is 14.5. The van der Waals surface area contributed by atoms with Gasteiger partial charge in [-0.3, -0.25) is 9.59 Å². The van der Waals surface area contributed by atoms with Gasteiger partial charge in [0.25, 0.3) is 11.8 Å². The molecule has 2 fully saturated rings. The smallest absolute Gasteiger partial charge is 0.280 e. The van der Waals surface area contributed by atoms with E-state index in [-0.39, 0.29) is 16.8 Å². The van der Waals surface area contributed by atoms with Crippen molar-refractivity contribution in [2.45, 2.75) is 70.2 Å². The molecular weight excluding hydrogens is 314 g/mol. The molecule has 0 aliphatic carbocycles. The fourth-order valence-corrected chi connectivity index (χ4v) is 3.98. The maximum absolute atomic E-state index is 12.6. The van der Waals surface area contributed by atoms with Crippen molar-refractivity contribution in [3.05, 3.63) is 16.1 Å². The Kier molecular flexibility index (Phi) is 4.18. The van der Waals surface area contributed by atoms with Gasteiger partial charge in [0.2, 0.25) is 0 Å². The number of nitrogens with one attached hydrogen (secondary N) is 1. The number of amides is 2. The van der Waals surface area contributed by atoms with Gasteiger partial charge in [0.05, 0.1) is 11.6 Å². The van der Waals surface area contributed by atoms with Crippen molar-refractivity contribution in [3.63, 3.8) is 0 Å². The summed E-state index contributed by atoms with van der Waals surface area (Å²) in [4.78, 5) is 31.0. The third-order valence-corrected chi connectivity index (χ3v) is 5.85. The average Bonchev–Trinajstić information content (AvgIpc) is 3.21. The highest BCUT2D eigenvalue weighted by Gasteiger charge is 2.43. The Balaban J connectivity index is 1.68. The molecule has 2 aliphatic heterocycles. The standard InChI is InChI=1S/C16H23N3O3S/c1-9(16(2,3)22)17-13(20)14-18-12(8-23-14)15(21)19-10-4-5-11(19)7-6-10/h8-11,22H,4-7H2,1-3H3,(H,17,20)/t9-,10-,11-/m1/s1. The second kappa shape index (κ2) is 5.87. The van der Waals surface area contributed by atoms with Crippen molar-refractivity contribution in [1.82, 2.24) is 15.2 Å². The summed E-state index contributed by atoms with van der Waals surface area (Å²) in [6.07, 6.45) is 4.32. The molecule has 1 atom stereocenters. The molecule has 0 spiro atoms. The summed E-state index contributed by atoms with van der Waals surface area (Å²) in [6, 6.07) is 0.288. The van der Waals surface area contributed by atoms with Gasteiger partial charge in [-0.25, -0.2) is 4.98 Å². The minimum absolute atomic E-state index is 0.0548. The number of fused-ring (bicyclic) bond motifs is 2. The molecule has 3 rings (SSSR count). The molecule has 1 aromatic rings. The van der Waals surface area contributed by atoms with Crippen LogP contribution in [0.1, 0.15) is 66.7 Å². The summed E-state index contributed by atoms with van der Waals surface area (Å²) >= 11 is 1.17. The Morgan fingerprint density at radius 1 is 1.35 bits per heavy atom. The molecule has 6 nitrogen and oxygen atoms in total. The van der Waals surface area contributed by atoms with Gasteiger partial charge in [-0.2, -0.15) is 0 Å². The van der Waals surface area contributed by atoms with Crippen molar-refractivity contribution in [3.8, 4) is 0 Å². The zero-order valence-electron chi connectivity index (χ0n) is 13.7. The summed E-state index contributed by atoms with van der Waals surface area (Å²) in [5.74, 6) is -0.408. The van der Waals surface area contributed by atoms with E-state index in [0.29, 0.717) is 17.8 Å². The van der Waals surface area contributed by atoms with E-state index in [1.807, 2.05) is 4.90 Å². The van der Waals surface area contributed by atoms with Gasteiger partial charge >= 0.3 is 0 Å². The summed E-state index contributed by atoms with van der Waals surface area (Å²) in [5.41, 5.74) is -0.657. The van der Waals surface area contributed by atoms with E-state index in [4.69, 9.17) is 0 Å². The van der Waals surface area contributed by atoms with E-state index in [2.05, 4.69) is 10.3 Å². The maximum Gasteiger partial charge on any atom is 0.280 e. The minimum atomic E-state index is -1.01. The topological polar surface area (TPSA) is 82.5 Å². The van der Waals surface area contributed by atoms with Crippen LogP contribution >= 0.6 is 11.3 Å². The molecular formula is C16H23N3O3S. The monoisotopic (exact) mass is 337 g/mol. The lowest BCUT2D eigenvalue weighted by Gasteiger charge is -2.26. The molecule has 23 heavy (non-hydrogen) atoms. The number of thiazole rings is 1. The fourth-order valence-electron chi connectivity index (χ4n) is 3.29. The normalized spacial score (nSPS) is 24.8. The number of rotatable bonds is 4. The number of aromatic nitrogens is 1. The van der Waals surface area contributed by atoms with Crippen molar-refractivity contribution in [1.29, 1.82) is 0 Å². The summed E-state index contributed by atoms with van der Waals surface area (Å²) in [6.45, 7) is 5.01. The number of hydrogen-bond acceptors (Lipinski definition) is 5. The number of carbonyl (C=O) groups is 2. The Bertz CT molecular complexity index is 602. The van der Waals surface area contributed by atoms with E-state index in [0.717, 1.165) is 25.7 Å². The van der Waals surface area contributed by atoms with E-state index in [9.17, 15) is 14.7 Å². The first-order valence-corrected chi connectivity index (χ1v) is 8.96. The van der Waals surface area contributed by atoms with Crippen molar-refractivity contribution < 1.29 is 14.7 Å². The summed E-state index contributed by atoms with van der Waals surface area (Å²) < 4.78 is 0. The van der Waals surface area contributed by atoms with Crippen molar-refractivity contribution in [2.75, 3.05) is 0 Å². The zero-order chi connectivity index (χ0) is 16.8. The number of nitrogens with zero attached hydrogens (tertiary/aromatic N) is 2. The number of aliphatic hydroxyl groups is 1. The van der Waals surface area contributed by atoms with Gasteiger partial charge in [0.1, 0.15) is 5.69 Å². The van der Waals surface area contributed by atoms with Crippen molar-refractivity contribution in [2.24, 2.45) is 0 Å². The third-order valence-electron chi connectivity index (χ3n) is 5.01. The minimum Gasteiger partial charge on any atom is -0.388 e. The first-order chi connectivity index (χ1) is 10.8. The lowest BCUT2D eigenvalue weighted by Crippen LogP contribution is -2.47. The van der Waals surface area contributed by atoms with Gasteiger partial charge in [0, 0.05) is 17.5 Å². The highest BCUT2D eigenvalue weighted by molar-refractivity contribution is 7.11. The Hall–Kier alpha value is -1.47. The predicted molar refractivity (Wildman–Crippen MR) is 87.6 cm³/mol. The van der Waals surface area contributed by atoms with E-state index < -0.39 is 11.6 Å². The fraction of sp³-hybridized carbons (Fsp3) is 0.688. The average molecular weight is 337 g/mol. The Labute approximate surface area is 139 Å². The van der Waals surface area contributed by atoms with Gasteiger partial charge in [-0.05, 0) is 46.5 Å². The Morgan fingerprint density at radius 3 is 2.43 bits per heavy atom. The zero-order valence-corrected chi connectivity index (χ0v) is 14.5. The second-order valence-corrected chi connectivity index (χ2v) is 7.92. The van der Waals surface area contributed by atoms with Gasteiger partial charge in [-0.1, -0.05) is 0 Å². The van der Waals surface area contributed by atoms with Crippen LogP contribution in [0.2, 0.25) is 0 Å². The van der Waals surface area contributed by atoms with Crippen molar-refractivity contribution >= 4 is 23.2 Å². The number of hydrogen-bond donors (Lipinski definition) is 2. The predicted octanol–water partition coefficient (Wildman–Crippen LogP) is 1.80. The molecule has 2 amide bonds. The molecule has 3 heterocycles. The van der Waals surface area contributed by atoms with Crippen LogP contribution in [0, 0.1) is 0 Å². The lowest BCUT2D eigenvalue weighted by atomic mass is 10.0. The molecule has 0 unspecified atom stereocenters. The van der Waals surface area contributed by atoms with Gasteiger partial charge in [0.15, 0.2) is 5.01 Å². The molecule has 0 radical (unpaired) electrons. The lowest BCUT2D eigenvalue weighted by molar-refractivity contribution is 0.0408. The highest BCUT2D eigenvalue weighted by atomic mass is 32.1. The van der Waals surface area contributed by atoms with E-state index in [1.165, 1.54) is 11.3 Å². The molecule has 2 N–H and O–H groups in total. The molecule has 0 aromatic carbocycles. The first-order valence-electron chi connectivity index (χ1n) is 8.09. The van der Waals surface area contributed by atoms with E-state index >= 15 is 0 Å². The number of carbonyl (C=O) groups excluding carboxylic acids is 2. The first kappa shape index (κ1) is 16.4. The van der Waals surface area contributed by atoms with Crippen LogP contribution in [0.5, 0.6) is 0 Å². The van der Waals surface area contributed by atoms with Crippen LogP contribution in [0.15, 0.2) is 5.38 Å². The Morgan fingerprint density at radius 2 is 1.91 bits per heavy atom. The van der Waals surface area contributed by atoms with Crippen LogP contribution in [-0.4, -0.2) is 50.5 Å². The molecule has 0 saturated carbocycles. The molecule has 7 heteroatoms. The molecule has 126 valence electrons. The third kappa shape index (κ3) is 3.12. The van der Waals surface area contributed by atoms with Gasteiger partial charge in [-0.15, -0.1) is 11.3 Å². The SMILES string of the molecule is C[C@@H](NC(=O)c1nc(C(=O)N2[C@H]3CC[C@H]2CC3)cs1)C(C)(C)O. The largest absolute Gasteiger partial charge is 0.388 e. The van der Waals surface area contributed by atoms with Crippen LogP contribution in [0.25, 0.3) is 0 Å². The maximum atomic E-state index is 12.6. The molecule has 1 aromatic heterocycles. The van der Waals surface area contributed by atoms with Crippen LogP contribution in [0.3, 0.4) is 0 Å². The highest BCUT2D eigenvalue weighted by Crippen LogP contribution is 2.38. The van der Waals surface area contributed by atoms with E-state index in [1.54, 1.807) is 26.2 Å². The molecule has 2 bridgehead atoms.